The fraction of sp³-hybridized carbons (Fsp3) is 0.273. The van der Waals surface area contributed by atoms with Gasteiger partial charge in [0.05, 0.1) is 12.7 Å². The van der Waals surface area contributed by atoms with E-state index in [0.717, 1.165) is 11.3 Å². The number of nitrogens with one attached hydrogen (secondary N) is 1. The molecule has 2 heterocycles. The number of nitrogens with zero attached hydrogens (tertiary/aromatic N) is 2. The van der Waals surface area contributed by atoms with E-state index in [1.54, 1.807) is 23.3 Å². The minimum atomic E-state index is -3.59. The third kappa shape index (κ3) is 3.89. The summed E-state index contributed by atoms with van der Waals surface area (Å²) >= 11 is 0.966. The molecule has 0 aliphatic rings. The Labute approximate surface area is 119 Å². The van der Waals surface area contributed by atoms with Crippen molar-refractivity contribution in [2.45, 2.75) is 17.2 Å². The van der Waals surface area contributed by atoms with Gasteiger partial charge in [-0.1, -0.05) is 0 Å². The fourth-order valence-corrected chi connectivity index (χ4v) is 3.96. The van der Waals surface area contributed by atoms with Crippen molar-refractivity contribution in [3.05, 3.63) is 35.7 Å². The minimum absolute atomic E-state index is 0.124. The molecule has 0 amide bonds. The number of carbonyl (C=O) groups is 1. The van der Waals surface area contributed by atoms with Gasteiger partial charge < -0.3 is 9.67 Å². The second-order valence-corrected chi connectivity index (χ2v) is 7.15. The summed E-state index contributed by atoms with van der Waals surface area (Å²) in [5.41, 5.74) is 0. The Kier molecular flexibility index (Phi) is 4.53. The summed E-state index contributed by atoms with van der Waals surface area (Å²) in [7, 11) is -3.59. The molecule has 0 aliphatic carbocycles. The zero-order valence-corrected chi connectivity index (χ0v) is 12.0. The van der Waals surface area contributed by atoms with Gasteiger partial charge in [0.15, 0.2) is 0 Å². The summed E-state index contributed by atoms with van der Waals surface area (Å²) in [4.78, 5) is 14.9. The number of carboxylic acid groups (broad SMARTS) is 1. The van der Waals surface area contributed by atoms with Gasteiger partial charge in [-0.2, -0.15) is 0 Å². The largest absolute Gasteiger partial charge is 0.481 e. The molecule has 0 radical (unpaired) electrons. The average Bonchev–Trinajstić information content (AvgIpc) is 2.99. The molecule has 2 N–H and O–H groups in total. The lowest BCUT2D eigenvalue weighted by Crippen LogP contribution is -2.26. The Morgan fingerprint density at radius 3 is 2.90 bits per heavy atom. The van der Waals surface area contributed by atoms with Gasteiger partial charge >= 0.3 is 5.97 Å². The summed E-state index contributed by atoms with van der Waals surface area (Å²) < 4.78 is 28.3. The maximum Gasteiger partial charge on any atom is 0.308 e. The number of thiophene rings is 1. The topological polar surface area (TPSA) is 101 Å². The van der Waals surface area contributed by atoms with Crippen LogP contribution in [0.15, 0.2) is 35.1 Å². The molecule has 0 spiro atoms. The average molecular weight is 315 g/mol. The first kappa shape index (κ1) is 14.7. The molecule has 0 atom stereocenters. The number of sulfonamides is 1. The molecule has 20 heavy (non-hydrogen) atoms. The number of carboxylic acids is 1. The summed E-state index contributed by atoms with van der Waals surface area (Å²) in [6.45, 7) is 0.720. The Bertz CT molecular complexity index is 676. The zero-order valence-electron chi connectivity index (χ0n) is 10.4. The van der Waals surface area contributed by atoms with Crippen LogP contribution < -0.4 is 4.72 Å². The van der Waals surface area contributed by atoms with E-state index in [1.165, 1.54) is 12.1 Å². The van der Waals surface area contributed by atoms with Crippen molar-refractivity contribution in [3.63, 3.8) is 0 Å². The van der Waals surface area contributed by atoms with Crippen LogP contribution in [0, 0.1) is 0 Å². The predicted molar refractivity (Wildman–Crippen MR) is 73.1 cm³/mol. The lowest BCUT2D eigenvalue weighted by Gasteiger charge is -2.05. The molecule has 0 bridgehead atoms. The van der Waals surface area contributed by atoms with Crippen LogP contribution in [0.2, 0.25) is 0 Å². The molecule has 0 fully saturated rings. The standard InChI is InChI=1S/C11H13N3O4S2/c15-10(16)7-9-1-2-11(19-9)20(17,18)13-4-6-14-5-3-12-8-14/h1-3,5,8,13H,4,6-7H2,(H,15,16). The first-order valence-corrected chi connectivity index (χ1v) is 8.03. The van der Waals surface area contributed by atoms with Crippen LogP contribution in [-0.2, 0) is 27.8 Å². The van der Waals surface area contributed by atoms with Crippen LogP contribution >= 0.6 is 11.3 Å². The van der Waals surface area contributed by atoms with Crippen molar-refractivity contribution in [2.24, 2.45) is 0 Å². The van der Waals surface area contributed by atoms with Crippen LogP contribution in [0.4, 0.5) is 0 Å². The molecule has 7 nitrogen and oxygen atoms in total. The summed E-state index contributed by atoms with van der Waals surface area (Å²) in [6.07, 6.45) is 4.79. The highest BCUT2D eigenvalue weighted by Gasteiger charge is 2.17. The third-order valence-corrected chi connectivity index (χ3v) is 5.49. The molecule has 2 aromatic heterocycles. The molecule has 0 saturated carbocycles. The Hall–Kier alpha value is -1.71. The van der Waals surface area contributed by atoms with Crippen molar-refractivity contribution in [1.82, 2.24) is 14.3 Å². The highest BCUT2D eigenvalue weighted by atomic mass is 32.2. The fourth-order valence-electron chi connectivity index (χ4n) is 1.55. The first-order valence-electron chi connectivity index (χ1n) is 5.73. The summed E-state index contributed by atoms with van der Waals surface area (Å²) in [6, 6.07) is 2.94. The second kappa shape index (κ2) is 6.16. The highest BCUT2D eigenvalue weighted by Crippen LogP contribution is 2.21. The molecule has 0 aliphatic heterocycles. The van der Waals surface area contributed by atoms with E-state index >= 15 is 0 Å². The summed E-state index contributed by atoms with van der Waals surface area (Å²) in [5, 5.41) is 8.66. The van der Waals surface area contributed by atoms with Gasteiger partial charge in [-0.3, -0.25) is 4.79 Å². The van der Waals surface area contributed by atoms with Crippen LogP contribution in [0.3, 0.4) is 0 Å². The molecular formula is C11H13N3O4S2. The Morgan fingerprint density at radius 2 is 2.25 bits per heavy atom. The molecule has 2 aromatic rings. The number of aromatic nitrogens is 2. The third-order valence-electron chi connectivity index (χ3n) is 2.45. The van der Waals surface area contributed by atoms with E-state index in [1.807, 2.05) is 0 Å². The van der Waals surface area contributed by atoms with Gasteiger partial charge in [-0.25, -0.2) is 18.1 Å². The van der Waals surface area contributed by atoms with Crippen LogP contribution in [-0.4, -0.2) is 35.6 Å². The lowest BCUT2D eigenvalue weighted by atomic mass is 10.3. The van der Waals surface area contributed by atoms with Crippen molar-refractivity contribution in [3.8, 4) is 0 Å². The second-order valence-electron chi connectivity index (χ2n) is 3.99. The van der Waals surface area contributed by atoms with Gasteiger partial charge in [-0.15, -0.1) is 11.3 Å². The molecule has 0 unspecified atom stereocenters. The Balaban J connectivity index is 1.95. The normalized spacial score (nSPS) is 11.6. The number of hydrogen-bond donors (Lipinski definition) is 2. The van der Waals surface area contributed by atoms with Crippen LogP contribution in [0.25, 0.3) is 0 Å². The number of aliphatic carboxylic acids is 1. The number of rotatable bonds is 7. The van der Waals surface area contributed by atoms with Gasteiger partial charge in [0.1, 0.15) is 4.21 Å². The predicted octanol–water partition coefficient (Wildman–Crippen LogP) is 0.550. The molecule has 2 rings (SSSR count). The summed E-state index contributed by atoms with van der Waals surface area (Å²) in [5.74, 6) is -0.983. The molecule has 0 aromatic carbocycles. The van der Waals surface area contributed by atoms with E-state index in [4.69, 9.17) is 5.11 Å². The van der Waals surface area contributed by atoms with E-state index < -0.39 is 16.0 Å². The number of hydrogen-bond acceptors (Lipinski definition) is 5. The molecule has 108 valence electrons. The van der Waals surface area contributed by atoms with Crippen molar-refractivity contribution in [1.29, 1.82) is 0 Å². The van der Waals surface area contributed by atoms with Gasteiger partial charge in [0.25, 0.3) is 0 Å². The highest BCUT2D eigenvalue weighted by molar-refractivity contribution is 7.91. The SMILES string of the molecule is O=C(O)Cc1ccc(S(=O)(=O)NCCn2ccnc2)s1. The van der Waals surface area contributed by atoms with Crippen LogP contribution in [0.5, 0.6) is 0 Å². The minimum Gasteiger partial charge on any atom is -0.481 e. The number of imidazole rings is 1. The van der Waals surface area contributed by atoms with E-state index in [-0.39, 0.29) is 17.2 Å². The van der Waals surface area contributed by atoms with Crippen molar-refractivity contribution in [2.75, 3.05) is 6.54 Å². The quantitative estimate of drug-likeness (QED) is 0.777. The first-order chi connectivity index (χ1) is 9.47. The van der Waals surface area contributed by atoms with Gasteiger partial charge in [0.2, 0.25) is 10.0 Å². The lowest BCUT2D eigenvalue weighted by molar-refractivity contribution is -0.136. The van der Waals surface area contributed by atoms with Gasteiger partial charge in [0, 0.05) is 30.4 Å². The van der Waals surface area contributed by atoms with E-state index in [2.05, 4.69) is 9.71 Å². The van der Waals surface area contributed by atoms with Crippen LogP contribution in [0.1, 0.15) is 4.88 Å². The zero-order chi connectivity index (χ0) is 14.6. The maximum atomic E-state index is 12.0. The van der Waals surface area contributed by atoms with E-state index in [0.29, 0.717) is 11.4 Å². The smallest absolute Gasteiger partial charge is 0.308 e. The van der Waals surface area contributed by atoms with E-state index in [9.17, 15) is 13.2 Å². The monoisotopic (exact) mass is 315 g/mol. The molecule has 0 saturated heterocycles. The van der Waals surface area contributed by atoms with Gasteiger partial charge in [-0.05, 0) is 12.1 Å². The molecular weight excluding hydrogens is 302 g/mol. The van der Waals surface area contributed by atoms with Crippen molar-refractivity contribution < 1.29 is 18.3 Å². The van der Waals surface area contributed by atoms with Crippen molar-refractivity contribution >= 4 is 27.3 Å². The maximum absolute atomic E-state index is 12.0. The Morgan fingerprint density at radius 1 is 1.45 bits per heavy atom. The molecule has 9 heteroatoms.